The lowest BCUT2D eigenvalue weighted by Gasteiger charge is -2.48. The van der Waals surface area contributed by atoms with E-state index in [0.717, 1.165) is 77.1 Å². The Kier molecular flexibility index (Phi) is 19.7. The van der Waals surface area contributed by atoms with Crippen molar-refractivity contribution < 1.29 is 38.1 Å². The van der Waals surface area contributed by atoms with Gasteiger partial charge in [-0.3, -0.25) is 24.3 Å². The summed E-state index contributed by atoms with van der Waals surface area (Å²) in [6.07, 6.45) is 5.86. The molecule has 20 nitrogen and oxygen atoms in total. The van der Waals surface area contributed by atoms with Crippen LogP contribution in [0.2, 0.25) is 10.3 Å². The molecule has 4 saturated heterocycles. The van der Waals surface area contributed by atoms with Gasteiger partial charge in [-0.05, 0) is 69.3 Å². The zero-order chi connectivity index (χ0) is 49.8. The summed E-state index contributed by atoms with van der Waals surface area (Å²) in [7, 11) is 1.29. The summed E-state index contributed by atoms with van der Waals surface area (Å²) in [5, 5.41) is 26.5. The van der Waals surface area contributed by atoms with Crippen LogP contribution in [-0.4, -0.2) is 186 Å². The van der Waals surface area contributed by atoms with Crippen molar-refractivity contribution >= 4 is 64.3 Å². The number of piperazine rings is 2. The van der Waals surface area contributed by atoms with Crippen LogP contribution in [0.1, 0.15) is 85.0 Å². The zero-order valence-electron chi connectivity index (χ0n) is 39.5. The molecule has 380 valence electrons. The first-order valence-corrected chi connectivity index (χ1v) is 24.4. The third-order valence-corrected chi connectivity index (χ3v) is 13.9. The van der Waals surface area contributed by atoms with E-state index in [1.165, 1.54) is 26.0 Å². The summed E-state index contributed by atoms with van der Waals surface area (Å²) in [6, 6.07) is 4.20. The van der Waals surface area contributed by atoms with Crippen LogP contribution in [0.4, 0.5) is 32.1 Å². The van der Waals surface area contributed by atoms with Crippen molar-refractivity contribution in [3.8, 4) is 0 Å². The number of rotatable bonds is 15. The van der Waals surface area contributed by atoms with Crippen LogP contribution in [0.15, 0.2) is 18.2 Å². The van der Waals surface area contributed by atoms with Gasteiger partial charge in [0.1, 0.15) is 6.04 Å². The van der Waals surface area contributed by atoms with Crippen LogP contribution in [-0.2, 0) is 9.53 Å². The number of aliphatic hydroxyl groups is 2. The minimum absolute atomic E-state index is 0.0115. The number of nitrogens with one attached hydrogen (secondary N) is 3. The minimum atomic E-state index is -0.999. The SMILES string of the molecule is CC[C@H]1CN(c2nc(N)c(C(=O)NCCO)nc2Cl)CCN1C1CCN(C(C(=O)OC)c2ccc(F)c(F)c2)CC1.CC[C@H]1CN(c2nc(N)c(C(=O)NCCO)nc2Cl)CCN1C1CCNCC1. The molecule has 2 aromatic heterocycles. The number of benzene rings is 1. The Balaban J connectivity index is 0.000000243. The van der Waals surface area contributed by atoms with E-state index in [4.69, 9.17) is 49.6 Å². The van der Waals surface area contributed by atoms with Crippen LogP contribution in [0.5, 0.6) is 0 Å². The average Bonchev–Trinajstić information content (AvgIpc) is 3.37. The topological polar surface area (TPSA) is 257 Å². The fourth-order valence-corrected chi connectivity index (χ4v) is 10.3. The molecule has 9 N–H and O–H groups in total. The first-order valence-electron chi connectivity index (χ1n) is 23.7. The second kappa shape index (κ2) is 25.3. The average molecular weight is 1010 g/mol. The van der Waals surface area contributed by atoms with E-state index < -0.39 is 35.5 Å². The number of aromatic nitrogens is 4. The van der Waals surface area contributed by atoms with Gasteiger partial charge in [0.15, 0.2) is 56.6 Å². The highest BCUT2D eigenvalue weighted by atomic mass is 35.5. The molecular formula is C45H66Cl2F2N14O6. The number of nitrogens with zero attached hydrogens (tertiary/aromatic N) is 9. The van der Waals surface area contributed by atoms with Gasteiger partial charge in [-0.25, -0.2) is 33.5 Å². The molecule has 1 unspecified atom stereocenters. The summed E-state index contributed by atoms with van der Waals surface area (Å²) < 4.78 is 32.5. The van der Waals surface area contributed by atoms with Crippen LogP contribution < -0.4 is 37.2 Å². The Morgan fingerprint density at radius 2 is 1.23 bits per heavy atom. The molecule has 0 aliphatic carbocycles. The van der Waals surface area contributed by atoms with Gasteiger partial charge in [-0.15, -0.1) is 0 Å². The van der Waals surface area contributed by atoms with E-state index in [9.17, 15) is 23.2 Å². The third kappa shape index (κ3) is 13.1. The molecule has 0 radical (unpaired) electrons. The van der Waals surface area contributed by atoms with Crippen molar-refractivity contribution in [3.05, 3.63) is 57.1 Å². The fourth-order valence-electron chi connectivity index (χ4n) is 9.80. The van der Waals surface area contributed by atoms with E-state index in [-0.39, 0.29) is 71.7 Å². The number of hydrogen-bond donors (Lipinski definition) is 7. The van der Waals surface area contributed by atoms with E-state index >= 15 is 0 Å². The number of piperidine rings is 2. The predicted octanol–water partition coefficient (Wildman–Crippen LogP) is 2.08. The van der Waals surface area contributed by atoms with E-state index in [0.29, 0.717) is 55.5 Å². The van der Waals surface area contributed by atoms with Gasteiger partial charge in [0, 0.05) is 89.6 Å². The second-order valence-electron chi connectivity index (χ2n) is 17.4. The number of hydrogen-bond acceptors (Lipinski definition) is 18. The molecule has 2 amide bonds. The number of likely N-dealkylation sites (tertiary alicyclic amines) is 1. The van der Waals surface area contributed by atoms with Crippen LogP contribution in [0.25, 0.3) is 0 Å². The smallest absolute Gasteiger partial charge is 0.327 e. The number of halogens is 4. The van der Waals surface area contributed by atoms with Crippen molar-refractivity contribution in [1.82, 2.24) is 50.6 Å². The number of carbonyl (C=O) groups excluding carboxylic acids is 3. The highest BCUT2D eigenvalue weighted by Crippen LogP contribution is 2.33. The zero-order valence-corrected chi connectivity index (χ0v) is 41.0. The maximum Gasteiger partial charge on any atom is 0.327 e. The van der Waals surface area contributed by atoms with Crippen molar-refractivity contribution in [2.45, 2.75) is 82.6 Å². The highest BCUT2D eigenvalue weighted by Gasteiger charge is 2.38. The molecule has 0 saturated carbocycles. The second-order valence-corrected chi connectivity index (χ2v) is 18.2. The van der Waals surface area contributed by atoms with Crippen molar-refractivity contribution in [2.24, 2.45) is 0 Å². The van der Waals surface area contributed by atoms with Gasteiger partial charge < -0.3 is 52.2 Å². The molecule has 69 heavy (non-hydrogen) atoms. The van der Waals surface area contributed by atoms with E-state index in [2.05, 4.69) is 64.4 Å². The molecule has 0 spiro atoms. The first kappa shape index (κ1) is 53.5. The molecule has 4 aliphatic rings. The Morgan fingerprint density at radius 3 is 1.67 bits per heavy atom. The Labute approximate surface area is 411 Å². The maximum atomic E-state index is 14.0. The molecule has 4 fully saturated rings. The van der Waals surface area contributed by atoms with Gasteiger partial charge in [-0.1, -0.05) is 43.1 Å². The lowest BCUT2D eigenvalue weighted by atomic mass is 9.95. The van der Waals surface area contributed by atoms with Gasteiger partial charge in [0.05, 0.1) is 20.3 Å². The third-order valence-electron chi connectivity index (χ3n) is 13.3. The van der Waals surface area contributed by atoms with Gasteiger partial charge in [0.25, 0.3) is 11.8 Å². The molecule has 0 bridgehead atoms. The molecule has 7 rings (SSSR count). The van der Waals surface area contributed by atoms with Crippen LogP contribution in [0.3, 0.4) is 0 Å². The summed E-state index contributed by atoms with van der Waals surface area (Å²) in [6.45, 7) is 12.0. The fraction of sp³-hybridized carbons (Fsp3) is 0.622. The summed E-state index contributed by atoms with van der Waals surface area (Å²) >= 11 is 12.8. The van der Waals surface area contributed by atoms with Crippen molar-refractivity contribution in [2.75, 3.05) is 120 Å². The number of nitrogens with two attached hydrogens (primary N) is 2. The summed E-state index contributed by atoms with van der Waals surface area (Å²) in [4.78, 5) is 65.4. The number of amides is 2. The maximum absolute atomic E-state index is 14.0. The number of methoxy groups -OCH3 is 1. The van der Waals surface area contributed by atoms with Crippen LogP contribution >= 0.6 is 23.2 Å². The lowest BCUT2D eigenvalue weighted by Crippen LogP contribution is -2.59. The number of nitrogen functional groups attached to an aromatic ring is 2. The van der Waals surface area contributed by atoms with Gasteiger partial charge in [-0.2, -0.15) is 0 Å². The van der Waals surface area contributed by atoms with Crippen LogP contribution in [0, 0.1) is 11.6 Å². The number of aliphatic hydroxyl groups excluding tert-OH is 2. The number of esters is 1. The highest BCUT2D eigenvalue weighted by molar-refractivity contribution is 6.32. The largest absolute Gasteiger partial charge is 0.468 e. The Hall–Kier alpha value is -4.81. The molecule has 3 aromatic rings. The standard InChI is InChI=1S/C27H36ClF2N7O4.C18H30ClN7O2/c1-3-17-15-36(25-23(28)33-21(24(31)34-25)26(39)32-8-13-38)11-12-37(17)18-6-9-35(10-7-18)22(27(40)41-2)16-4-5-19(29)20(30)14-16;1-2-12-11-25(8-9-26(12)13-3-5-21-6-4-13)17-15(19)23-14(16(20)24-17)18(28)22-7-10-27/h4-5,14,17-18,22,38H,3,6-13,15H2,1-2H3,(H2,31,34)(H,32,39);12-13,21,27H,2-11H2,1H3,(H2,20,24)(H,22,28)/t17-,22?;12-/m00/s1. The predicted molar refractivity (Wildman–Crippen MR) is 259 cm³/mol. The number of carbonyl (C=O) groups is 3. The van der Waals surface area contributed by atoms with Crippen molar-refractivity contribution in [1.29, 1.82) is 0 Å². The van der Waals surface area contributed by atoms with Gasteiger partial charge >= 0.3 is 5.97 Å². The Morgan fingerprint density at radius 1 is 0.754 bits per heavy atom. The molecule has 24 heteroatoms. The molecule has 4 aliphatic heterocycles. The number of ether oxygens (including phenoxy) is 1. The normalized spacial score (nSPS) is 20.5. The quantitative estimate of drug-likeness (QED) is 0.108. The molecule has 1 aromatic carbocycles. The van der Waals surface area contributed by atoms with E-state index in [1.54, 1.807) is 0 Å². The summed E-state index contributed by atoms with van der Waals surface area (Å²) in [5.74, 6) is -2.56. The van der Waals surface area contributed by atoms with Crippen molar-refractivity contribution in [3.63, 3.8) is 0 Å². The molecular weight excluding hydrogens is 941 g/mol. The summed E-state index contributed by atoms with van der Waals surface area (Å²) in [5.41, 5.74) is 12.3. The molecule has 3 atom stereocenters. The monoisotopic (exact) mass is 1010 g/mol. The molecule has 6 heterocycles. The minimum Gasteiger partial charge on any atom is -0.468 e. The van der Waals surface area contributed by atoms with E-state index in [1.807, 2.05) is 9.80 Å². The lowest BCUT2D eigenvalue weighted by molar-refractivity contribution is -0.148. The Bertz CT molecular complexity index is 2230. The number of anilines is 4. The van der Waals surface area contributed by atoms with Gasteiger partial charge in [0.2, 0.25) is 0 Å². The first-order chi connectivity index (χ1) is 33.2.